The van der Waals surface area contributed by atoms with Crippen molar-refractivity contribution in [2.45, 2.75) is 26.2 Å². The van der Waals surface area contributed by atoms with Crippen LogP contribution in [0, 0.1) is 0 Å². The van der Waals surface area contributed by atoms with Gasteiger partial charge in [0.25, 0.3) is 0 Å². The van der Waals surface area contributed by atoms with E-state index in [1.54, 1.807) is 6.92 Å². The number of hydrogen-bond donors (Lipinski definition) is 2. The van der Waals surface area contributed by atoms with Gasteiger partial charge in [0, 0.05) is 13.0 Å². The van der Waals surface area contributed by atoms with Gasteiger partial charge in [-0.25, -0.2) is 0 Å². The van der Waals surface area contributed by atoms with Crippen LogP contribution in [-0.2, 0) is 4.79 Å². The van der Waals surface area contributed by atoms with Crippen molar-refractivity contribution in [3.8, 4) is 0 Å². The molecule has 0 aromatic heterocycles. The molecule has 0 radical (unpaired) electrons. The summed E-state index contributed by atoms with van der Waals surface area (Å²) in [6, 6.07) is 0. The van der Waals surface area contributed by atoms with Gasteiger partial charge >= 0.3 is 0 Å². The predicted molar refractivity (Wildman–Crippen MR) is 46.5 cm³/mol. The highest BCUT2D eigenvalue weighted by Gasteiger charge is 1.91. The van der Waals surface area contributed by atoms with E-state index >= 15 is 0 Å². The summed E-state index contributed by atoms with van der Waals surface area (Å²) in [6.07, 6.45) is 2.81. The molecule has 0 aromatic carbocycles. The maximum atomic E-state index is 10.5. The van der Waals surface area contributed by atoms with Gasteiger partial charge in [0.2, 0.25) is 0 Å². The van der Waals surface area contributed by atoms with E-state index in [1.807, 2.05) is 0 Å². The summed E-state index contributed by atoms with van der Waals surface area (Å²) in [4.78, 5) is 10.5. The normalized spacial score (nSPS) is 10.0. The average Bonchev–Trinajstić information content (AvgIpc) is 1.96. The summed E-state index contributed by atoms with van der Waals surface area (Å²) in [5, 5.41) is 3.18. The lowest BCUT2D eigenvalue weighted by molar-refractivity contribution is -0.116. The standard InChI is InChI=1S/C8H18N2O/c1-8(11)4-7-10-6-3-2-5-9/h10H,2-7,9H2,1H3. The maximum Gasteiger partial charge on any atom is 0.131 e. The number of hydrogen-bond acceptors (Lipinski definition) is 3. The summed E-state index contributed by atoms with van der Waals surface area (Å²) in [5.41, 5.74) is 5.31. The number of nitrogens with one attached hydrogen (secondary N) is 1. The fraction of sp³-hybridized carbons (Fsp3) is 0.875. The van der Waals surface area contributed by atoms with Crippen LogP contribution in [-0.4, -0.2) is 25.4 Å². The van der Waals surface area contributed by atoms with Gasteiger partial charge in [0.15, 0.2) is 0 Å². The van der Waals surface area contributed by atoms with Gasteiger partial charge in [-0.15, -0.1) is 0 Å². The van der Waals surface area contributed by atoms with E-state index < -0.39 is 0 Å². The first-order valence-electron chi connectivity index (χ1n) is 4.17. The Bertz CT molecular complexity index is 104. The van der Waals surface area contributed by atoms with Gasteiger partial charge in [-0.1, -0.05) is 0 Å². The molecule has 0 bridgehead atoms. The van der Waals surface area contributed by atoms with Gasteiger partial charge in [-0.2, -0.15) is 0 Å². The number of Topliss-reactive ketones (excluding diaryl/α,β-unsaturated/α-hetero) is 1. The van der Waals surface area contributed by atoms with Crippen LogP contribution in [0.1, 0.15) is 26.2 Å². The van der Waals surface area contributed by atoms with Crippen molar-refractivity contribution in [1.29, 1.82) is 0 Å². The van der Waals surface area contributed by atoms with Crippen molar-refractivity contribution in [1.82, 2.24) is 5.32 Å². The summed E-state index contributed by atoms with van der Waals surface area (Å²) < 4.78 is 0. The minimum atomic E-state index is 0.247. The number of rotatable bonds is 7. The van der Waals surface area contributed by atoms with Crippen LogP contribution in [0.2, 0.25) is 0 Å². The van der Waals surface area contributed by atoms with Crippen molar-refractivity contribution in [2.24, 2.45) is 5.73 Å². The largest absolute Gasteiger partial charge is 0.330 e. The molecule has 0 fully saturated rings. The molecule has 0 unspecified atom stereocenters. The van der Waals surface area contributed by atoms with Crippen molar-refractivity contribution >= 4 is 5.78 Å². The van der Waals surface area contributed by atoms with Crippen molar-refractivity contribution in [3.63, 3.8) is 0 Å². The Morgan fingerprint density at radius 2 is 2.09 bits per heavy atom. The van der Waals surface area contributed by atoms with E-state index in [0.717, 1.165) is 32.5 Å². The second kappa shape index (κ2) is 7.69. The number of unbranched alkanes of at least 4 members (excludes halogenated alkanes) is 1. The fourth-order valence-electron chi connectivity index (χ4n) is 0.784. The molecule has 3 nitrogen and oxygen atoms in total. The highest BCUT2D eigenvalue weighted by molar-refractivity contribution is 5.75. The van der Waals surface area contributed by atoms with Crippen LogP contribution in [0.15, 0.2) is 0 Å². The molecular weight excluding hydrogens is 140 g/mol. The minimum absolute atomic E-state index is 0.247. The fourth-order valence-corrected chi connectivity index (χ4v) is 0.784. The van der Waals surface area contributed by atoms with Crippen LogP contribution in [0.25, 0.3) is 0 Å². The zero-order valence-electron chi connectivity index (χ0n) is 7.23. The van der Waals surface area contributed by atoms with E-state index in [9.17, 15) is 4.79 Å². The van der Waals surface area contributed by atoms with Crippen LogP contribution < -0.4 is 11.1 Å². The average molecular weight is 158 g/mol. The Hall–Kier alpha value is -0.410. The van der Waals surface area contributed by atoms with E-state index in [-0.39, 0.29) is 5.78 Å². The predicted octanol–water partition coefficient (Wildman–Crippen LogP) is 0.294. The van der Waals surface area contributed by atoms with E-state index in [1.165, 1.54) is 0 Å². The Morgan fingerprint density at radius 3 is 2.64 bits per heavy atom. The molecule has 0 atom stereocenters. The van der Waals surface area contributed by atoms with Gasteiger partial charge in [0.1, 0.15) is 5.78 Å². The highest BCUT2D eigenvalue weighted by Crippen LogP contribution is 1.83. The zero-order valence-corrected chi connectivity index (χ0v) is 7.23. The van der Waals surface area contributed by atoms with E-state index in [4.69, 9.17) is 5.73 Å². The van der Waals surface area contributed by atoms with Crippen molar-refractivity contribution in [3.05, 3.63) is 0 Å². The second-order valence-electron chi connectivity index (χ2n) is 2.70. The first-order valence-corrected chi connectivity index (χ1v) is 4.17. The molecule has 0 heterocycles. The Balaban J connectivity index is 2.85. The van der Waals surface area contributed by atoms with Gasteiger partial charge < -0.3 is 11.1 Å². The summed E-state index contributed by atoms with van der Waals surface area (Å²) >= 11 is 0. The van der Waals surface area contributed by atoms with Crippen LogP contribution in [0.4, 0.5) is 0 Å². The Labute approximate surface area is 68.3 Å². The van der Waals surface area contributed by atoms with Crippen LogP contribution >= 0.6 is 0 Å². The molecule has 3 heteroatoms. The zero-order chi connectivity index (χ0) is 8.53. The molecule has 0 aliphatic rings. The summed E-state index contributed by atoms with van der Waals surface area (Å²) in [5.74, 6) is 0.247. The molecule has 0 aromatic rings. The summed E-state index contributed by atoms with van der Waals surface area (Å²) in [7, 11) is 0. The molecule has 3 N–H and O–H groups in total. The van der Waals surface area contributed by atoms with Crippen LogP contribution in [0.5, 0.6) is 0 Å². The topological polar surface area (TPSA) is 55.1 Å². The molecular formula is C8H18N2O. The van der Waals surface area contributed by atoms with Crippen molar-refractivity contribution < 1.29 is 4.79 Å². The molecule has 0 aliphatic carbocycles. The molecule has 0 saturated heterocycles. The molecule has 0 aliphatic heterocycles. The number of nitrogens with two attached hydrogens (primary N) is 1. The third kappa shape index (κ3) is 9.59. The quantitative estimate of drug-likeness (QED) is 0.524. The molecule has 66 valence electrons. The smallest absolute Gasteiger partial charge is 0.131 e. The third-order valence-electron chi connectivity index (χ3n) is 1.46. The molecule has 0 rings (SSSR count). The Kier molecular flexibility index (Phi) is 7.41. The third-order valence-corrected chi connectivity index (χ3v) is 1.46. The molecule has 0 spiro atoms. The summed E-state index contributed by atoms with van der Waals surface area (Å²) in [6.45, 7) is 4.15. The van der Waals surface area contributed by atoms with Gasteiger partial charge in [-0.05, 0) is 32.9 Å². The lowest BCUT2D eigenvalue weighted by atomic mass is 10.3. The first kappa shape index (κ1) is 10.6. The lowest BCUT2D eigenvalue weighted by Crippen LogP contribution is -2.19. The van der Waals surface area contributed by atoms with Gasteiger partial charge in [0.05, 0.1) is 0 Å². The van der Waals surface area contributed by atoms with Crippen LogP contribution in [0.3, 0.4) is 0 Å². The monoisotopic (exact) mass is 158 g/mol. The Morgan fingerprint density at radius 1 is 1.36 bits per heavy atom. The number of carbonyl (C=O) groups excluding carboxylic acids is 1. The molecule has 0 amide bonds. The van der Waals surface area contributed by atoms with Crippen molar-refractivity contribution in [2.75, 3.05) is 19.6 Å². The second-order valence-corrected chi connectivity index (χ2v) is 2.70. The van der Waals surface area contributed by atoms with E-state index in [2.05, 4.69) is 5.32 Å². The molecule has 0 saturated carbocycles. The first-order chi connectivity index (χ1) is 5.27. The maximum absolute atomic E-state index is 10.5. The SMILES string of the molecule is CC(=O)CCNCCCCN. The number of ketones is 1. The number of carbonyl (C=O) groups is 1. The lowest BCUT2D eigenvalue weighted by Gasteiger charge is -2.00. The van der Waals surface area contributed by atoms with Gasteiger partial charge in [-0.3, -0.25) is 4.79 Å². The minimum Gasteiger partial charge on any atom is -0.330 e. The highest BCUT2D eigenvalue weighted by atomic mass is 16.1. The van der Waals surface area contributed by atoms with E-state index in [0.29, 0.717) is 6.42 Å². The molecule has 11 heavy (non-hydrogen) atoms.